The van der Waals surface area contributed by atoms with Crippen LogP contribution in [0.4, 0.5) is 0 Å². The van der Waals surface area contributed by atoms with Crippen molar-refractivity contribution in [1.82, 2.24) is 0 Å². The molecule has 0 aliphatic heterocycles. The molecular formula is C22H49Y10-3. The van der Waals surface area contributed by atoms with Gasteiger partial charge in [0.25, 0.3) is 0 Å². The summed E-state index contributed by atoms with van der Waals surface area (Å²) in [6.45, 7) is 30.8. The quantitative estimate of drug-likeness (QED) is 0.244. The molecule has 0 saturated heterocycles. The summed E-state index contributed by atoms with van der Waals surface area (Å²) in [7, 11) is 0. The van der Waals surface area contributed by atoms with E-state index in [1.165, 1.54) is 12.8 Å². The molecule has 0 spiro atoms. The fourth-order valence-corrected chi connectivity index (χ4v) is 2.93. The largest absolute Gasteiger partial charge is 0.335 e. The van der Waals surface area contributed by atoms with Gasteiger partial charge in [-0.25, -0.2) is 0 Å². The predicted molar refractivity (Wildman–Crippen MR) is 109 cm³/mol. The summed E-state index contributed by atoms with van der Waals surface area (Å²) in [6.07, 6.45) is 8.61. The molecule has 170 valence electrons. The van der Waals surface area contributed by atoms with Gasteiger partial charge in [-0.05, 0) is 29.1 Å². The van der Waals surface area contributed by atoms with E-state index in [0.29, 0.717) is 16.2 Å². The molecule has 0 heterocycles. The van der Waals surface area contributed by atoms with Gasteiger partial charge in [0.2, 0.25) is 0 Å². The van der Waals surface area contributed by atoms with Crippen LogP contribution in [-0.2, 0) is 327 Å². The molecule has 0 rings (SSSR count). The molecule has 10 heteroatoms. The molecule has 0 bridgehead atoms. The van der Waals surface area contributed by atoms with E-state index in [-0.39, 0.29) is 327 Å². The van der Waals surface area contributed by atoms with Crippen molar-refractivity contribution < 1.29 is 327 Å². The Morgan fingerprint density at radius 2 is 0.438 bits per heavy atom. The van der Waals surface area contributed by atoms with Crippen molar-refractivity contribution in [2.75, 3.05) is 0 Å². The minimum absolute atomic E-state index is 0. The molecule has 0 aliphatic rings. The van der Waals surface area contributed by atoms with Crippen LogP contribution in [0.2, 0.25) is 0 Å². The fourth-order valence-electron chi connectivity index (χ4n) is 2.93. The van der Waals surface area contributed by atoms with Crippen LogP contribution in [0, 0.1) is 35.5 Å². The molecule has 0 aliphatic carbocycles. The van der Waals surface area contributed by atoms with Crippen molar-refractivity contribution in [3.8, 4) is 0 Å². The second-order valence-electron chi connectivity index (χ2n) is 9.37. The Morgan fingerprint density at radius 1 is 0.344 bits per heavy atom. The van der Waals surface area contributed by atoms with Crippen LogP contribution in [-0.4, -0.2) is 0 Å². The Bertz CT molecular complexity index is 191. The van der Waals surface area contributed by atoms with Gasteiger partial charge < -0.3 is 19.3 Å². The third-order valence-electron chi connectivity index (χ3n) is 2.02. The van der Waals surface area contributed by atoms with E-state index in [1.54, 1.807) is 0 Å². The van der Waals surface area contributed by atoms with Gasteiger partial charge in [0.05, 0.1) is 0 Å². The molecule has 0 amide bonds. The Morgan fingerprint density at radius 3 is 0.500 bits per heavy atom. The third kappa shape index (κ3) is 124. The summed E-state index contributed by atoms with van der Waals surface area (Å²) in [5.41, 5.74) is 1.38. The average Bonchev–Trinajstić information content (AvgIpc) is 2.11. The molecular weight excluding hydrogens is 1150 g/mol. The van der Waals surface area contributed by atoms with Crippen LogP contribution in [0.3, 0.4) is 0 Å². The molecule has 0 nitrogen and oxygen atoms in total. The molecule has 0 saturated carbocycles. The first-order valence-corrected chi connectivity index (χ1v) is 8.88. The van der Waals surface area contributed by atoms with Crippen LogP contribution in [0.25, 0.3) is 0 Å². The molecule has 0 N–H and O–H groups in total. The van der Waals surface area contributed by atoms with Crippen molar-refractivity contribution in [2.45, 2.75) is 110 Å². The summed E-state index contributed by atoms with van der Waals surface area (Å²) >= 11 is 0. The Labute approximate surface area is 459 Å². The van der Waals surface area contributed by atoms with Gasteiger partial charge in [-0.15, -0.1) is 0 Å². The molecule has 32 heavy (non-hydrogen) atoms. The Balaban J connectivity index is -0.0000000126. The minimum atomic E-state index is 0. The van der Waals surface area contributed by atoms with Crippen LogP contribution in [0.15, 0.2) is 0 Å². The van der Waals surface area contributed by atoms with E-state index in [4.69, 9.17) is 0 Å². The van der Waals surface area contributed by atoms with Gasteiger partial charge in [-0.2, -0.15) is 41.5 Å². The van der Waals surface area contributed by atoms with Gasteiger partial charge in [0, 0.05) is 327 Å². The standard InChI is InChI=1S/C13H28.3C3H7.10Y/c1-11(2,3)9-13(7,8)10-12(4,5)6;3*1-3-2;;;;;;;;;;/h9-10H2,1-8H3;3*3H,1-2H3;;;;;;;;;;/q;3*-1;;;;;;;;;;. The molecule has 0 atom stereocenters. The van der Waals surface area contributed by atoms with E-state index in [1.807, 2.05) is 60.8 Å². The van der Waals surface area contributed by atoms with E-state index in [9.17, 15) is 0 Å². The summed E-state index contributed by atoms with van der Waals surface area (Å²) in [4.78, 5) is 0. The molecule has 0 aromatic rings. The monoisotopic (exact) mass is 1200 g/mol. The fraction of sp³-hybridized carbons (Fsp3) is 0.864. The van der Waals surface area contributed by atoms with Crippen LogP contribution >= 0.6 is 0 Å². The van der Waals surface area contributed by atoms with E-state index in [2.05, 4.69) is 55.4 Å². The van der Waals surface area contributed by atoms with Crippen LogP contribution in [0.1, 0.15) is 110 Å². The first-order chi connectivity index (χ1) is 9.66. The second-order valence-corrected chi connectivity index (χ2v) is 9.37. The van der Waals surface area contributed by atoms with Crippen molar-refractivity contribution in [3.05, 3.63) is 19.3 Å². The Kier molecular flexibility index (Phi) is 172. The summed E-state index contributed by atoms with van der Waals surface area (Å²) in [5, 5.41) is 0. The zero-order chi connectivity index (χ0) is 19.0. The van der Waals surface area contributed by atoms with Gasteiger partial charge >= 0.3 is 0 Å². The molecule has 0 aromatic heterocycles. The maximum absolute atomic E-state index is 2.39. The Hall–Kier alpha value is 11.0. The van der Waals surface area contributed by atoms with Crippen LogP contribution in [0.5, 0.6) is 0 Å². The summed E-state index contributed by atoms with van der Waals surface area (Å²) in [5.74, 6) is 0. The van der Waals surface area contributed by atoms with Crippen molar-refractivity contribution in [2.24, 2.45) is 16.2 Å². The average molecular weight is 1200 g/mol. The number of rotatable bonds is 2. The second kappa shape index (κ2) is 61.1. The number of hydrogen-bond acceptors (Lipinski definition) is 0. The maximum Gasteiger partial charge on any atom is 0 e. The van der Waals surface area contributed by atoms with Crippen LogP contribution < -0.4 is 0 Å². The van der Waals surface area contributed by atoms with E-state index < -0.39 is 0 Å². The predicted octanol–water partition coefficient (Wildman–Crippen LogP) is 8.55. The molecule has 0 unspecified atom stereocenters. The van der Waals surface area contributed by atoms with Crippen molar-refractivity contribution >= 4 is 0 Å². The first kappa shape index (κ1) is 90.2. The van der Waals surface area contributed by atoms with Crippen molar-refractivity contribution in [1.29, 1.82) is 0 Å². The first-order valence-electron chi connectivity index (χ1n) is 8.88. The zero-order valence-corrected chi connectivity index (χ0v) is 52.8. The number of hydrogen-bond donors (Lipinski definition) is 0. The van der Waals surface area contributed by atoms with Gasteiger partial charge in [0.15, 0.2) is 0 Å². The smallest absolute Gasteiger partial charge is 0 e. The zero-order valence-electron chi connectivity index (χ0n) is 24.4. The molecule has 0 aromatic carbocycles. The van der Waals surface area contributed by atoms with E-state index >= 15 is 0 Å². The summed E-state index contributed by atoms with van der Waals surface area (Å²) in [6, 6.07) is 0. The van der Waals surface area contributed by atoms with Gasteiger partial charge in [-0.3, -0.25) is 0 Å². The van der Waals surface area contributed by atoms with Crippen molar-refractivity contribution in [3.63, 3.8) is 0 Å². The molecule has 0 fully saturated rings. The summed E-state index contributed by atoms with van der Waals surface area (Å²) < 4.78 is 0. The minimum Gasteiger partial charge on any atom is -0.335 e. The van der Waals surface area contributed by atoms with Gasteiger partial charge in [-0.1, -0.05) is 55.4 Å². The van der Waals surface area contributed by atoms with E-state index in [0.717, 1.165) is 0 Å². The normalized spacial score (nSPS) is 7.69. The van der Waals surface area contributed by atoms with Gasteiger partial charge in [0.1, 0.15) is 0 Å². The third-order valence-corrected chi connectivity index (χ3v) is 2.02. The molecule has 10 radical (unpaired) electrons. The SMILES string of the molecule is CC(C)(C)CC(C)(C)CC(C)(C)C.C[CH-]C.C[CH-]C.C[CH-]C.[Y].[Y].[Y].[Y].[Y].[Y].[Y].[Y].[Y].[Y]. The topological polar surface area (TPSA) is 0 Å². The maximum atomic E-state index is 2.39.